The van der Waals surface area contributed by atoms with Crippen LogP contribution in [0.3, 0.4) is 0 Å². The maximum absolute atomic E-state index is 10.9. The van der Waals surface area contributed by atoms with Gasteiger partial charge in [0.25, 0.3) is 0 Å². The zero-order chi connectivity index (χ0) is 12.2. The van der Waals surface area contributed by atoms with E-state index in [4.69, 9.17) is 9.84 Å². The summed E-state index contributed by atoms with van der Waals surface area (Å²) in [6, 6.07) is 7.37. The van der Waals surface area contributed by atoms with Crippen molar-refractivity contribution in [3.05, 3.63) is 24.3 Å². The Bertz CT molecular complexity index is 357. The Hall–Kier alpha value is -1.71. The minimum Gasteiger partial charge on any atom is -0.497 e. The van der Waals surface area contributed by atoms with Crippen molar-refractivity contribution < 1.29 is 14.6 Å². The monoisotopic (exact) mass is 223 g/mol. The molecular weight excluding hydrogens is 206 g/mol. The number of anilines is 1. The van der Waals surface area contributed by atoms with Crippen molar-refractivity contribution in [2.24, 2.45) is 5.41 Å². The standard InChI is InChI=1S/C12H17NO3/c1-12(2,11(14)15)8-13-9-4-6-10(16-3)7-5-9/h4-7,13H,8H2,1-3H3,(H,14,15). The third kappa shape index (κ3) is 3.15. The molecule has 0 unspecified atom stereocenters. The highest BCUT2D eigenvalue weighted by Crippen LogP contribution is 2.19. The van der Waals surface area contributed by atoms with Gasteiger partial charge in [0, 0.05) is 12.2 Å². The second-order valence-corrected chi connectivity index (χ2v) is 4.27. The number of carboxylic acids is 1. The van der Waals surface area contributed by atoms with Gasteiger partial charge in [0.05, 0.1) is 12.5 Å². The molecule has 88 valence electrons. The number of aliphatic carboxylic acids is 1. The summed E-state index contributed by atoms with van der Waals surface area (Å²) in [4.78, 5) is 10.9. The molecule has 1 aromatic carbocycles. The molecule has 0 aliphatic rings. The minimum atomic E-state index is -0.812. The van der Waals surface area contributed by atoms with Gasteiger partial charge in [0.2, 0.25) is 0 Å². The van der Waals surface area contributed by atoms with Crippen LogP contribution < -0.4 is 10.1 Å². The zero-order valence-corrected chi connectivity index (χ0v) is 9.78. The van der Waals surface area contributed by atoms with E-state index in [9.17, 15) is 4.79 Å². The Labute approximate surface area is 95.2 Å². The van der Waals surface area contributed by atoms with Crippen molar-refractivity contribution in [1.82, 2.24) is 0 Å². The fourth-order valence-electron chi connectivity index (χ4n) is 1.11. The average molecular weight is 223 g/mol. The number of nitrogens with one attached hydrogen (secondary N) is 1. The van der Waals surface area contributed by atoms with E-state index in [0.717, 1.165) is 11.4 Å². The van der Waals surface area contributed by atoms with Gasteiger partial charge in [-0.2, -0.15) is 0 Å². The second kappa shape index (κ2) is 4.88. The summed E-state index contributed by atoms with van der Waals surface area (Å²) < 4.78 is 5.03. The number of methoxy groups -OCH3 is 1. The molecule has 2 N–H and O–H groups in total. The van der Waals surface area contributed by atoms with Gasteiger partial charge in [0.1, 0.15) is 5.75 Å². The molecule has 0 amide bonds. The highest BCUT2D eigenvalue weighted by Gasteiger charge is 2.26. The van der Waals surface area contributed by atoms with Crippen LogP contribution >= 0.6 is 0 Å². The van der Waals surface area contributed by atoms with Crippen LogP contribution in [0, 0.1) is 5.41 Å². The Morgan fingerprint density at radius 2 is 1.94 bits per heavy atom. The van der Waals surface area contributed by atoms with E-state index in [0.29, 0.717) is 6.54 Å². The Morgan fingerprint density at radius 3 is 2.38 bits per heavy atom. The van der Waals surface area contributed by atoms with Crippen LogP contribution in [-0.4, -0.2) is 24.7 Å². The van der Waals surface area contributed by atoms with Crippen molar-refractivity contribution >= 4 is 11.7 Å². The molecule has 1 aromatic rings. The maximum Gasteiger partial charge on any atom is 0.310 e. The summed E-state index contributed by atoms with van der Waals surface area (Å²) in [6.45, 7) is 3.76. The predicted molar refractivity (Wildman–Crippen MR) is 62.9 cm³/mol. The molecule has 0 fully saturated rings. The lowest BCUT2D eigenvalue weighted by atomic mass is 9.94. The van der Waals surface area contributed by atoms with Gasteiger partial charge in [-0.15, -0.1) is 0 Å². The van der Waals surface area contributed by atoms with E-state index in [1.807, 2.05) is 24.3 Å². The van der Waals surface area contributed by atoms with E-state index >= 15 is 0 Å². The molecule has 0 atom stereocenters. The van der Waals surface area contributed by atoms with Crippen LogP contribution in [0.15, 0.2) is 24.3 Å². The molecule has 16 heavy (non-hydrogen) atoms. The van der Waals surface area contributed by atoms with Crippen LogP contribution in [-0.2, 0) is 4.79 Å². The van der Waals surface area contributed by atoms with Crippen LogP contribution in [0.25, 0.3) is 0 Å². The van der Waals surface area contributed by atoms with Gasteiger partial charge in [-0.05, 0) is 38.1 Å². The Balaban J connectivity index is 2.58. The number of benzene rings is 1. The number of hydrogen-bond acceptors (Lipinski definition) is 3. The van der Waals surface area contributed by atoms with Crippen molar-refractivity contribution in [3.63, 3.8) is 0 Å². The van der Waals surface area contributed by atoms with Crippen LogP contribution in [0.5, 0.6) is 5.75 Å². The predicted octanol–water partition coefficient (Wildman–Crippen LogP) is 2.22. The zero-order valence-electron chi connectivity index (χ0n) is 9.78. The highest BCUT2D eigenvalue weighted by atomic mass is 16.5. The number of carboxylic acid groups (broad SMARTS) is 1. The van der Waals surface area contributed by atoms with Gasteiger partial charge < -0.3 is 15.2 Å². The van der Waals surface area contributed by atoms with Gasteiger partial charge in [-0.1, -0.05) is 0 Å². The normalized spacial score (nSPS) is 10.9. The molecule has 0 spiro atoms. The number of carbonyl (C=O) groups is 1. The lowest BCUT2D eigenvalue weighted by molar-refractivity contribution is -0.146. The number of ether oxygens (including phenoxy) is 1. The third-order valence-corrected chi connectivity index (χ3v) is 2.40. The van der Waals surface area contributed by atoms with Crippen molar-refractivity contribution in [2.75, 3.05) is 19.0 Å². The maximum atomic E-state index is 10.9. The minimum absolute atomic E-state index is 0.384. The molecule has 0 aromatic heterocycles. The Morgan fingerprint density at radius 1 is 1.38 bits per heavy atom. The first-order chi connectivity index (χ1) is 7.45. The van der Waals surface area contributed by atoms with Crippen LogP contribution in [0.4, 0.5) is 5.69 Å². The second-order valence-electron chi connectivity index (χ2n) is 4.27. The van der Waals surface area contributed by atoms with E-state index in [1.165, 1.54) is 0 Å². The molecule has 0 saturated heterocycles. The fraction of sp³-hybridized carbons (Fsp3) is 0.417. The van der Waals surface area contributed by atoms with E-state index in [2.05, 4.69) is 5.32 Å². The van der Waals surface area contributed by atoms with Crippen LogP contribution in [0.1, 0.15) is 13.8 Å². The van der Waals surface area contributed by atoms with E-state index in [1.54, 1.807) is 21.0 Å². The molecule has 0 aliphatic carbocycles. The molecule has 0 radical (unpaired) electrons. The SMILES string of the molecule is COc1ccc(NCC(C)(C)C(=O)O)cc1. The molecule has 0 heterocycles. The first-order valence-corrected chi connectivity index (χ1v) is 5.07. The first-order valence-electron chi connectivity index (χ1n) is 5.07. The van der Waals surface area contributed by atoms with Gasteiger partial charge in [-0.3, -0.25) is 4.79 Å². The smallest absolute Gasteiger partial charge is 0.310 e. The summed E-state index contributed by atoms with van der Waals surface area (Å²) in [6.07, 6.45) is 0. The molecule has 4 heteroatoms. The van der Waals surface area contributed by atoms with E-state index < -0.39 is 11.4 Å². The molecule has 0 saturated carbocycles. The summed E-state index contributed by atoms with van der Waals surface area (Å²) in [5, 5.41) is 12.0. The number of hydrogen-bond donors (Lipinski definition) is 2. The van der Waals surface area contributed by atoms with Crippen molar-refractivity contribution in [1.29, 1.82) is 0 Å². The molecule has 1 rings (SSSR count). The van der Waals surface area contributed by atoms with E-state index in [-0.39, 0.29) is 0 Å². The van der Waals surface area contributed by atoms with Gasteiger partial charge in [0.15, 0.2) is 0 Å². The average Bonchev–Trinajstić information content (AvgIpc) is 2.27. The van der Waals surface area contributed by atoms with Crippen molar-refractivity contribution in [3.8, 4) is 5.75 Å². The summed E-state index contributed by atoms with van der Waals surface area (Å²) in [5.74, 6) is -0.0310. The third-order valence-electron chi connectivity index (χ3n) is 2.40. The topological polar surface area (TPSA) is 58.6 Å². The highest BCUT2D eigenvalue weighted by molar-refractivity contribution is 5.74. The Kier molecular flexibility index (Phi) is 3.77. The lowest BCUT2D eigenvalue weighted by Gasteiger charge is -2.20. The fourth-order valence-corrected chi connectivity index (χ4v) is 1.11. The molecular formula is C12H17NO3. The van der Waals surface area contributed by atoms with Gasteiger partial charge in [-0.25, -0.2) is 0 Å². The summed E-state index contributed by atoms with van der Waals surface area (Å²) in [7, 11) is 1.61. The summed E-state index contributed by atoms with van der Waals surface area (Å²) in [5.41, 5.74) is 0.107. The molecule has 0 bridgehead atoms. The van der Waals surface area contributed by atoms with Crippen molar-refractivity contribution in [2.45, 2.75) is 13.8 Å². The lowest BCUT2D eigenvalue weighted by Crippen LogP contribution is -2.31. The molecule has 4 nitrogen and oxygen atoms in total. The molecule has 0 aliphatic heterocycles. The first kappa shape index (κ1) is 12.4. The summed E-state index contributed by atoms with van der Waals surface area (Å²) >= 11 is 0. The quantitative estimate of drug-likeness (QED) is 0.803. The largest absolute Gasteiger partial charge is 0.497 e. The van der Waals surface area contributed by atoms with Crippen LogP contribution in [0.2, 0.25) is 0 Å². The van der Waals surface area contributed by atoms with Gasteiger partial charge >= 0.3 is 5.97 Å². The number of rotatable bonds is 5.